The molecule has 0 unspecified atom stereocenters. The topological polar surface area (TPSA) is 73.5 Å². The van der Waals surface area contributed by atoms with Crippen molar-refractivity contribution in [1.82, 2.24) is 20.9 Å². The number of fused-ring (bicyclic) bond motifs is 1. The Hall–Kier alpha value is -2.08. The van der Waals surface area contributed by atoms with Crippen molar-refractivity contribution in [1.29, 1.82) is 0 Å². The molecule has 1 aromatic carbocycles. The lowest BCUT2D eigenvalue weighted by Gasteiger charge is -2.26. The van der Waals surface area contributed by atoms with E-state index in [1.54, 1.807) is 7.05 Å². The van der Waals surface area contributed by atoms with Crippen LogP contribution in [0.4, 0.5) is 4.79 Å². The molecule has 25 heavy (non-hydrogen) atoms. The Morgan fingerprint density at radius 1 is 1.20 bits per heavy atom. The SMILES string of the molecule is CNC(=O)N[C@H]1CCN(CCC(=O)N[C@@H]2CCCc3ccccc32)C1. The van der Waals surface area contributed by atoms with Crippen LogP contribution in [0.5, 0.6) is 0 Å². The third-order valence-corrected chi connectivity index (χ3v) is 5.19. The first-order chi connectivity index (χ1) is 12.2. The number of amides is 3. The lowest BCUT2D eigenvalue weighted by atomic mass is 9.87. The van der Waals surface area contributed by atoms with Gasteiger partial charge in [0.05, 0.1) is 6.04 Å². The summed E-state index contributed by atoms with van der Waals surface area (Å²) < 4.78 is 0. The number of nitrogens with zero attached hydrogens (tertiary/aromatic N) is 1. The van der Waals surface area contributed by atoms with Crippen LogP contribution >= 0.6 is 0 Å². The number of rotatable bonds is 5. The Morgan fingerprint density at radius 2 is 2.04 bits per heavy atom. The van der Waals surface area contributed by atoms with Crippen LogP contribution in [-0.2, 0) is 11.2 Å². The predicted molar refractivity (Wildman–Crippen MR) is 97.3 cm³/mol. The minimum atomic E-state index is -0.138. The van der Waals surface area contributed by atoms with Gasteiger partial charge in [0.1, 0.15) is 0 Å². The fourth-order valence-electron chi connectivity index (χ4n) is 3.84. The molecule has 0 aromatic heterocycles. The fourth-order valence-corrected chi connectivity index (χ4v) is 3.84. The van der Waals surface area contributed by atoms with Crippen molar-refractivity contribution in [3.8, 4) is 0 Å². The molecule has 1 aliphatic heterocycles. The molecule has 3 amide bonds. The molecule has 1 heterocycles. The van der Waals surface area contributed by atoms with E-state index < -0.39 is 0 Å². The van der Waals surface area contributed by atoms with E-state index in [0.717, 1.165) is 45.3 Å². The molecular formula is C19H28N4O2. The largest absolute Gasteiger partial charge is 0.349 e. The van der Waals surface area contributed by atoms with Gasteiger partial charge in [-0.2, -0.15) is 0 Å². The maximum Gasteiger partial charge on any atom is 0.314 e. The highest BCUT2D eigenvalue weighted by Gasteiger charge is 2.25. The van der Waals surface area contributed by atoms with Gasteiger partial charge in [0.15, 0.2) is 0 Å². The number of likely N-dealkylation sites (tertiary alicyclic amines) is 1. The van der Waals surface area contributed by atoms with Crippen LogP contribution in [0, 0.1) is 0 Å². The van der Waals surface area contributed by atoms with E-state index in [4.69, 9.17) is 0 Å². The summed E-state index contributed by atoms with van der Waals surface area (Å²) in [7, 11) is 1.62. The van der Waals surface area contributed by atoms with Gasteiger partial charge in [-0.05, 0) is 36.8 Å². The predicted octanol–water partition coefficient (Wildman–Crippen LogP) is 1.57. The molecule has 6 heteroatoms. The molecule has 1 fully saturated rings. The van der Waals surface area contributed by atoms with E-state index in [0.29, 0.717) is 6.42 Å². The van der Waals surface area contributed by atoms with Gasteiger partial charge >= 0.3 is 6.03 Å². The van der Waals surface area contributed by atoms with Crippen LogP contribution < -0.4 is 16.0 Å². The fraction of sp³-hybridized carbons (Fsp3) is 0.579. The number of carbonyl (C=O) groups is 2. The second-order valence-corrected chi connectivity index (χ2v) is 6.97. The number of nitrogens with one attached hydrogen (secondary N) is 3. The van der Waals surface area contributed by atoms with Crippen LogP contribution in [0.2, 0.25) is 0 Å². The van der Waals surface area contributed by atoms with Gasteiger partial charge in [0, 0.05) is 39.1 Å². The summed E-state index contributed by atoms with van der Waals surface area (Å²) >= 11 is 0. The maximum atomic E-state index is 12.4. The molecule has 0 spiro atoms. The standard InChI is InChI=1S/C19H28N4O2/c1-20-19(25)21-15-9-11-23(13-15)12-10-18(24)22-17-8-4-6-14-5-2-3-7-16(14)17/h2-3,5,7,15,17H,4,6,8-13H2,1H3,(H,22,24)(H2,20,21,25)/t15-,17+/m0/s1. The van der Waals surface area contributed by atoms with Crippen molar-refractivity contribution in [2.75, 3.05) is 26.7 Å². The summed E-state index contributed by atoms with van der Waals surface area (Å²) in [6.07, 6.45) is 4.69. The molecule has 0 radical (unpaired) electrons. The number of carbonyl (C=O) groups excluding carboxylic acids is 2. The molecule has 1 aromatic rings. The number of hydrogen-bond acceptors (Lipinski definition) is 3. The summed E-state index contributed by atoms with van der Waals surface area (Å²) in [6, 6.07) is 8.60. The highest BCUT2D eigenvalue weighted by molar-refractivity contribution is 5.76. The van der Waals surface area contributed by atoms with E-state index in [1.165, 1.54) is 11.1 Å². The zero-order valence-electron chi connectivity index (χ0n) is 14.9. The Morgan fingerprint density at radius 3 is 2.88 bits per heavy atom. The molecule has 6 nitrogen and oxygen atoms in total. The zero-order valence-corrected chi connectivity index (χ0v) is 14.9. The van der Waals surface area contributed by atoms with E-state index in [9.17, 15) is 9.59 Å². The summed E-state index contributed by atoms with van der Waals surface area (Å²) in [5, 5.41) is 8.71. The van der Waals surface area contributed by atoms with Crippen molar-refractivity contribution >= 4 is 11.9 Å². The quantitative estimate of drug-likeness (QED) is 0.759. The lowest BCUT2D eigenvalue weighted by Crippen LogP contribution is -2.42. The highest BCUT2D eigenvalue weighted by atomic mass is 16.2. The normalized spacial score (nSPS) is 22.9. The van der Waals surface area contributed by atoms with E-state index in [2.05, 4.69) is 39.0 Å². The highest BCUT2D eigenvalue weighted by Crippen LogP contribution is 2.29. The molecule has 0 saturated carbocycles. The molecular weight excluding hydrogens is 316 g/mol. The third kappa shape index (κ3) is 4.72. The summed E-state index contributed by atoms with van der Waals surface area (Å²) in [6.45, 7) is 2.48. The average molecular weight is 344 g/mol. The first-order valence-electron chi connectivity index (χ1n) is 9.23. The second kappa shape index (κ2) is 8.34. The molecule has 2 atom stereocenters. The Bertz CT molecular complexity index is 619. The number of urea groups is 1. The van der Waals surface area contributed by atoms with Gasteiger partial charge in [-0.1, -0.05) is 24.3 Å². The van der Waals surface area contributed by atoms with Gasteiger partial charge < -0.3 is 20.9 Å². The average Bonchev–Trinajstić information content (AvgIpc) is 3.07. The Kier molecular flexibility index (Phi) is 5.91. The minimum absolute atomic E-state index is 0.115. The lowest BCUT2D eigenvalue weighted by molar-refractivity contribution is -0.122. The second-order valence-electron chi connectivity index (χ2n) is 6.97. The van der Waals surface area contributed by atoms with Gasteiger partial charge in [0.25, 0.3) is 0 Å². The zero-order chi connectivity index (χ0) is 17.6. The van der Waals surface area contributed by atoms with Crippen LogP contribution in [0.1, 0.15) is 42.9 Å². The van der Waals surface area contributed by atoms with Gasteiger partial charge in [-0.3, -0.25) is 4.79 Å². The first kappa shape index (κ1) is 17.7. The van der Waals surface area contributed by atoms with Crippen molar-refractivity contribution < 1.29 is 9.59 Å². The van der Waals surface area contributed by atoms with E-state index in [-0.39, 0.29) is 24.0 Å². The summed E-state index contributed by atoms with van der Waals surface area (Å²) in [4.78, 5) is 26.0. The van der Waals surface area contributed by atoms with Crippen LogP contribution in [0.3, 0.4) is 0 Å². The van der Waals surface area contributed by atoms with E-state index in [1.807, 2.05) is 6.07 Å². The Balaban J connectivity index is 1.43. The first-order valence-corrected chi connectivity index (χ1v) is 9.23. The van der Waals surface area contributed by atoms with Gasteiger partial charge in [0.2, 0.25) is 5.91 Å². The van der Waals surface area contributed by atoms with Crippen LogP contribution in [-0.4, -0.2) is 49.6 Å². The number of benzene rings is 1. The van der Waals surface area contributed by atoms with E-state index >= 15 is 0 Å². The maximum absolute atomic E-state index is 12.4. The summed E-state index contributed by atoms with van der Waals surface area (Å²) in [5.41, 5.74) is 2.64. The molecule has 1 aliphatic carbocycles. The van der Waals surface area contributed by atoms with Gasteiger partial charge in [-0.25, -0.2) is 4.79 Å². The van der Waals surface area contributed by atoms with Gasteiger partial charge in [-0.15, -0.1) is 0 Å². The monoisotopic (exact) mass is 344 g/mol. The van der Waals surface area contributed by atoms with Crippen molar-refractivity contribution in [3.63, 3.8) is 0 Å². The van der Waals surface area contributed by atoms with Crippen molar-refractivity contribution in [3.05, 3.63) is 35.4 Å². The number of hydrogen-bond donors (Lipinski definition) is 3. The third-order valence-electron chi connectivity index (χ3n) is 5.19. The molecule has 136 valence electrons. The molecule has 3 rings (SSSR count). The smallest absolute Gasteiger partial charge is 0.314 e. The molecule has 3 N–H and O–H groups in total. The van der Waals surface area contributed by atoms with Crippen molar-refractivity contribution in [2.24, 2.45) is 0 Å². The number of aryl methyl sites for hydroxylation is 1. The minimum Gasteiger partial charge on any atom is -0.349 e. The van der Waals surface area contributed by atoms with Crippen LogP contribution in [0.15, 0.2) is 24.3 Å². The van der Waals surface area contributed by atoms with Crippen LogP contribution in [0.25, 0.3) is 0 Å². The molecule has 2 aliphatic rings. The Labute approximate surface area is 149 Å². The van der Waals surface area contributed by atoms with Crippen molar-refractivity contribution in [2.45, 2.75) is 44.2 Å². The summed E-state index contributed by atoms with van der Waals surface area (Å²) in [5.74, 6) is 0.115. The molecule has 1 saturated heterocycles. The molecule has 0 bridgehead atoms.